The number of hydrogen-bond donors (Lipinski definition) is 1. The molecule has 20 heavy (non-hydrogen) atoms. The normalized spacial score (nSPS) is 15.6. The second-order valence-corrected chi connectivity index (χ2v) is 5.03. The molecule has 1 aliphatic rings. The lowest BCUT2D eigenvalue weighted by molar-refractivity contribution is 0.121. The molecule has 0 radical (unpaired) electrons. The van der Waals surface area contributed by atoms with Crippen LogP contribution in [0.25, 0.3) is 11.4 Å². The lowest BCUT2D eigenvalue weighted by Gasteiger charge is -2.26. The summed E-state index contributed by atoms with van der Waals surface area (Å²) in [6.45, 7) is 2.99. The number of phenolic OH excluding ortho intramolecular Hbond substituents is 1. The van der Waals surface area contributed by atoms with E-state index in [1.165, 1.54) is 6.07 Å². The minimum Gasteiger partial charge on any atom is -0.508 e. The van der Waals surface area contributed by atoms with Crippen LogP contribution in [0.15, 0.2) is 18.2 Å². The summed E-state index contributed by atoms with van der Waals surface area (Å²) >= 11 is 6.13. The van der Waals surface area contributed by atoms with Crippen molar-refractivity contribution in [1.82, 2.24) is 14.8 Å². The van der Waals surface area contributed by atoms with Crippen molar-refractivity contribution in [3.8, 4) is 17.1 Å². The van der Waals surface area contributed by atoms with Crippen molar-refractivity contribution in [2.45, 2.75) is 0 Å². The van der Waals surface area contributed by atoms with E-state index in [4.69, 9.17) is 16.3 Å². The highest BCUT2D eigenvalue weighted by atomic mass is 35.5. The Morgan fingerprint density at radius 3 is 2.75 bits per heavy atom. The molecule has 1 saturated heterocycles. The maximum atomic E-state index is 9.40. The second kappa shape index (κ2) is 5.30. The minimum absolute atomic E-state index is 0.128. The van der Waals surface area contributed by atoms with Crippen LogP contribution in [0, 0.1) is 0 Å². The average molecular weight is 295 g/mol. The van der Waals surface area contributed by atoms with E-state index in [1.807, 2.05) is 7.05 Å². The lowest BCUT2D eigenvalue weighted by atomic mass is 10.2. The van der Waals surface area contributed by atoms with Crippen LogP contribution in [0.2, 0.25) is 5.02 Å². The number of aromatic nitrogens is 3. The Kier molecular flexibility index (Phi) is 3.50. The van der Waals surface area contributed by atoms with Gasteiger partial charge in [-0.15, -0.1) is 5.10 Å². The topological polar surface area (TPSA) is 63.4 Å². The number of rotatable bonds is 2. The van der Waals surface area contributed by atoms with Gasteiger partial charge in [-0.3, -0.25) is 0 Å². The number of nitrogens with zero attached hydrogens (tertiary/aromatic N) is 4. The van der Waals surface area contributed by atoms with E-state index in [1.54, 1.807) is 16.8 Å². The van der Waals surface area contributed by atoms with Crippen LogP contribution < -0.4 is 4.90 Å². The molecule has 1 fully saturated rings. The number of halogens is 1. The van der Waals surface area contributed by atoms with Crippen LogP contribution in [0.5, 0.6) is 5.75 Å². The van der Waals surface area contributed by atoms with E-state index in [0.29, 0.717) is 29.6 Å². The Hall–Kier alpha value is -1.79. The van der Waals surface area contributed by atoms with Gasteiger partial charge in [-0.1, -0.05) is 11.6 Å². The Morgan fingerprint density at radius 2 is 2.05 bits per heavy atom. The van der Waals surface area contributed by atoms with Gasteiger partial charge in [-0.05, 0) is 18.2 Å². The van der Waals surface area contributed by atoms with E-state index in [2.05, 4.69) is 15.0 Å². The molecule has 0 spiro atoms. The molecule has 106 valence electrons. The summed E-state index contributed by atoms with van der Waals surface area (Å²) in [6, 6.07) is 4.78. The maximum Gasteiger partial charge on any atom is 0.224 e. The summed E-state index contributed by atoms with van der Waals surface area (Å²) in [5.74, 6) is 1.48. The van der Waals surface area contributed by atoms with Crippen molar-refractivity contribution in [3.05, 3.63) is 23.2 Å². The molecule has 0 aliphatic carbocycles. The number of anilines is 1. The number of phenols is 1. The first-order chi connectivity index (χ1) is 9.65. The zero-order valence-electron chi connectivity index (χ0n) is 11.1. The smallest absolute Gasteiger partial charge is 0.224 e. The third-order valence-electron chi connectivity index (χ3n) is 3.23. The molecule has 6 nitrogen and oxygen atoms in total. The molecule has 0 unspecified atom stereocenters. The fourth-order valence-corrected chi connectivity index (χ4v) is 2.47. The first kappa shape index (κ1) is 13.2. The summed E-state index contributed by atoms with van der Waals surface area (Å²) in [5, 5.41) is 14.2. The quantitative estimate of drug-likeness (QED) is 0.913. The Morgan fingerprint density at radius 1 is 1.30 bits per heavy atom. The van der Waals surface area contributed by atoms with E-state index >= 15 is 0 Å². The molecule has 1 aliphatic heterocycles. The van der Waals surface area contributed by atoms with Crippen LogP contribution in [0.3, 0.4) is 0 Å². The third kappa shape index (κ3) is 2.44. The Labute approximate surface area is 121 Å². The van der Waals surface area contributed by atoms with E-state index in [0.717, 1.165) is 19.0 Å². The van der Waals surface area contributed by atoms with Crippen molar-refractivity contribution in [2.75, 3.05) is 31.2 Å². The Bertz CT molecular complexity index is 623. The summed E-state index contributed by atoms with van der Waals surface area (Å²) in [7, 11) is 1.86. The van der Waals surface area contributed by atoms with Crippen molar-refractivity contribution in [1.29, 1.82) is 0 Å². The summed E-state index contributed by atoms with van der Waals surface area (Å²) in [4.78, 5) is 6.68. The SMILES string of the molecule is Cn1nc(-c2ccc(O)cc2Cl)nc1N1CCOCC1. The average Bonchev–Trinajstić information content (AvgIpc) is 2.81. The summed E-state index contributed by atoms with van der Waals surface area (Å²) < 4.78 is 7.08. The molecule has 2 heterocycles. The standard InChI is InChI=1S/C13H15ClN4O2/c1-17-13(18-4-6-20-7-5-18)15-12(16-17)10-3-2-9(19)8-11(10)14/h2-3,8,19H,4-7H2,1H3. The first-order valence-corrected chi connectivity index (χ1v) is 6.75. The van der Waals surface area contributed by atoms with E-state index < -0.39 is 0 Å². The molecule has 0 bridgehead atoms. The molecule has 1 N–H and O–H groups in total. The van der Waals surface area contributed by atoms with Gasteiger partial charge < -0.3 is 14.7 Å². The molecular weight excluding hydrogens is 280 g/mol. The van der Waals surface area contributed by atoms with Crippen LogP contribution in [0.1, 0.15) is 0 Å². The van der Waals surface area contributed by atoms with Crippen LogP contribution in [-0.2, 0) is 11.8 Å². The van der Waals surface area contributed by atoms with Crippen LogP contribution >= 0.6 is 11.6 Å². The second-order valence-electron chi connectivity index (χ2n) is 4.62. The van der Waals surface area contributed by atoms with Crippen LogP contribution in [0.4, 0.5) is 5.95 Å². The number of aromatic hydroxyl groups is 1. The highest BCUT2D eigenvalue weighted by Crippen LogP contribution is 2.29. The van der Waals surface area contributed by atoms with Crippen molar-refractivity contribution in [2.24, 2.45) is 7.05 Å². The van der Waals surface area contributed by atoms with Gasteiger partial charge in [0.2, 0.25) is 5.95 Å². The predicted molar refractivity (Wildman–Crippen MR) is 76.1 cm³/mol. The van der Waals surface area contributed by atoms with E-state index in [-0.39, 0.29) is 5.75 Å². The molecule has 2 aromatic rings. The molecule has 0 saturated carbocycles. The number of hydrogen-bond acceptors (Lipinski definition) is 5. The van der Waals surface area contributed by atoms with Crippen molar-refractivity contribution in [3.63, 3.8) is 0 Å². The molecular formula is C13H15ClN4O2. The van der Waals surface area contributed by atoms with Crippen molar-refractivity contribution >= 4 is 17.5 Å². The highest BCUT2D eigenvalue weighted by molar-refractivity contribution is 6.33. The molecule has 0 atom stereocenters. The molecule has 0 amide bonds. The van der Waals surface area contributed by atoms with Crippen LogP contribution in [-0.4, -0.2) is 46.2 Å². The van der Waals surface area contributed by atoms with Gasteiger partial charge in [0.15, 0.2) is 5.82 Å². The minimum atomic E-state index is 0.128. The molecule has 7 heteroatoms. The monoisotopic (exact) mass is 294 g/mol. The fraction of sp³-hybridized carbons (Fsp3) is 0.385. The number of ether oxygens (including phenoxy) is 1. The van der Waals surface area contributed by atoms with Crippen molar-refractivity contribution < 1.29 is 9.84 Å². The third-order valence-corrected chi connectivity index (χ3v) is 3.54. The van der Waals surface area contributed by atoms with Gasteiger partial charge in [-0.25, -0.2) is 4.68 Å². The van der Waals surface area contributed by atoms with Gasteiger partial charge in [0.05, 0.1) is 18.2 Å². The van der Waals surface area contributed by atoms with Gasteiger partial charge >= 0.3 is 0 Å². The molecule has 3 rings (SSSR count). The summed E-state index contributed by atoms with van der Waals surface area (Å²) in [6.07, 6.45) is 0. The van der Waals surface area contributed by atoms with E-state index in [9.17, 15) is 5.11 Å². The fourth-order valence-electron chi connectivity index (χ4n) is 2.21. The first-order valence-electron chi connectivity index (χ1n) is 6.38. The lowest BCUT2D eigenvalue weighted by Crippen LogP contribution is -2.37. The largest absolute Gasteiger partial charge is 0.508 e. The Balaban J connectivity index is 1.95. The van der Waals surface area contributed by atoms with Gasteiger partial charge in [0, 0.05) is 25.7 Å². The zero-order valence-corrected chi connectivity index (χ0v) is 11.8. The number of benzene rings is 1. The van der Waals surface area contributed by atoms with Gasteiger partial charge in [0.25, 0.3) is 0 Å². The number of morpholine rings is 1. The van der Waals surface area contributed by atoms with Gasteiger partial charge in [-0.2, -0.15) is 4.98 Å². The van der Waals surface area contributed by atoms with Gasteiger partial charge in [0.1, 0.15) is 5.75 Å². The predicted octanol–water partition coefficient (Wildman–Crippen LogP) is 1.68. The highest BCUT2D eigenvalue weighted by Gasteiger charge is 2.19. The maximum absolute atomic E-state index is 9.40. The zero-order chi connectivity index (χ0) is 14.1. The summed E-state index contributed by atoms with van der Waals surface area (Å²) in [5.41, 5.74) is 0.708. The number of aryl methyl sites for hydroxylation is 1. The molecule has 1 aromatic heterocycles. The molecule has 1 aromatic carbocycles.